The van der Waals surface area contributed by atoms with Crippen LogP contribution in [0.25, 0.3) is 10.9 Å². The number of benzene rings is 2. The van der Waals surface area contributed by atoms with E-state index in [0.29, 0.717) is 16.5 Å². The summed E-state index contributed by atoms with van der Waals surface area (Å²) in [6, 6.07) is 11.4. The number of carbonyl (C=O) groups is 1. The van der Waals surface area contributed by atoms with Crippen LogP contribution in [-0.2, 0) is 17.9 Å². The number of para-hydroxylation sites is 1. The fourth-order valence-corrected chi connectivity index (χ4v) is 2.78. The number of fused-ring (bicyclic) bond motifs is 1. The lowest BCUT2D eigenvalue weighted by atomic mass is 10.1. The molecule has 0 saturated heterocycles. The number of nitrogens with zero attached hydrogens (tertiary/aromatic N) is 1. The number of hydrogen-bond acceptors (Lipinski definition) is 3. The second-order valence-corrected chi connectivity index (χ2v) is 6.04. The molecule has 0 aliphatic rings. The van der Waals surface area contributed by atoms with Gasteiger partial charge < -0.3 is 5.32 Å². The number of aryl methyl sites for hydroxylation is 2. The Morgan fingerprint density at radius 2 is 1.96 bits per heavy atom. The molecule has 0 fully saturated rings. The lowest BCUT2D eigenvalue weighted by molar-refractivity contribution is -0.121. The molecule has 26 heavy (non-hydrogen) atoms. The Hall–Kier alpha value is -3.22. The van der Waals surface area contributed by atoms with Gasteiger partial charge in [0.05, 0.1) is 10.9 Å². The molecule has 1 heterocycles. The van der Waals surface area contributed by atoms with E-state index in [0.717, 1.165) is 5.56 Å². The van der Waals surface area contributed by atoms with Crippen molar-refractivity contribution in [2.45, 2.75) is 26.4 Å². The number of aromatic amines is 1. The van der Waals surface area contributed by atoms with Crippen LogP contribution in [0.15, 0.2) is 52.1 Å². The minimum absolute atomic E-state index is 0.0795. The van der Waals surface area contributed by atoms with Crippen molar-refractivity contribution in [1.29, 1.82) is 0 Å². The summed E-state index contributed by atoms with van der Waals surface area (Å²) < 4.78 is 14.6. The predicted octanol–water partition coefficient (Wildman–Crippen LogP) is 1.84. The van der Waals surface area contributed by atoms with Crippen molar-refractivity contribution in [2.24, 2.45) is 0 Å². The second kappa shape index (κ2) is 7.35. The second-order valence-electron chi connectivity index (χ2n) is 6.04. The van der Waals surface area contributed by atoms with E-state index in [4.69, 9.17) is 0 Å². The summed E-state index contributed by atoms with van der Waals surface area (Å²) >= 11 is 0. The van der Waals surface area contributed by atoms with Gasteiger partial charge in [-0.1, -0.05) is 24.3 Å². The summed E-state index contributed by atoms with van der Waals surface area (Å²) in [5.74, 6) is -0.529. The van der Waals surface area contributed by atoms with Gasteiger partial charge in [-0.05, 0) is 36.2 Å². The van der Waals surface area contributed by atoms with Gasteiger partial charge in [0.15, 0.2) is 0 Å². The van der Waals surface area contributed by atoms with Crippen LogP contribution in [0.2, 0.25) is 0 Å². The highest BCUT2D eigenvalue weighted by Gasteiger charge is 2.09. The number of carbonyl (C=O) groups excluding carboxylic acids is 1. The summed E-state index contributed by atoms with van der Waals surface area (Å²) in [4.78, 5) is 38.2. The van der Waals surface area contributed by atoms with Gasteiger partial charge in [-0.2, -0.15) is 0 Å². The standard InChI is InChI=1S/C19H18FN3O3/c1-12-10-13(6-7-15(12)20)11-21-17(24)8-9-23-16-5-3-2-4-14(16)18(25)22-19(23)26/h2-7,10H,8-9,11H2,1H3,(H,21,24)(H,22,25,26). The molecule has 3 aromatic rings. The third-order valence-electron chi connectivity index (χ3n) is 4.18. The average molecular weight is 355 g/mol. The minimum atomic E-state index is -0.546. The highest BCUT2D eigenvalue weighted by Crippen LogP contribution is 2.09. The molecule has 2 N–H and O–H groups in total. The van der Waals surface area contributed by atoms with Crippen molar-refractivity contribution < 1.29 is 9.18 Å². The van der Waals surface area contributed by atoms with Crippen molar-refractivity contribution in [3.8, 4) is 0 Å². The molecule has 0 aliphatic carbocycles. The smallest absolute Gasteiger partial charge is 0.328 e. The van der Waals surface area contributed by atoms with Gasteiger partial charge in [0.25, 0.3) is 5.56 Å². The highest BCUT2D eigenvalue weighted by atomic mass is 19.1. The van der Waals surface area contributed by atoms with Crippen LogP contribution in [-0.4, -0.2) is 15.5 Å². The van der Waals surface area contributed by atoms with E-state index in [1.165, 1.54) is 10.6 Å². The van der Waals surface area contributed by atoms with Gasteiger partial charge >= 0.3 is 5.69 Å². The van der Waals surface area contributed by atoms with Crippen LogP contribution >= 0.6 is 0 Å². The molecule has 0 radical (unpaired) electrons. The van der Waals surface area contributed by atoms with Crippen LogP contribution in [0.1, 0.15) is 17.5 Å². The third kappa shape index (κ3) is 3.72. The SMILES string of the molecule is Cc1cc(CNC(=O)CCn2c(=O)[nH]c(=O)c3ccccc32)ccc1F. The normalized spacial score (nSPS) is 10.8. The lowest BCUT2D eigenvalue weighted by Crippen LogP contribution is -2.32. The zero-order chi connectivity index (χ0) is 18.7. The fraction of sp³-hybridized carbons (Fsp3) is 0.211. The summed E-state index contributed by atoms with van der Waals surface area (Å²) in [5.41, 5.74) is 0.809. The Balaban J connectivity index is 1.68. The Labute approximate surface area is 148 Å². The number of rotatable bonds is 5. The van der Waals surface area contributed by atoms with E-state index in [2.05, 4.69) is 10.3 Å². The lowest BCUT2D eigenvalue weighted by Gasteiger charge is -2.10. The van der Waals surface area contributed by atoms with Crippen LogP contribution in [0.5, 0.6) is 0 Å². The van der Waals surface area contributed by atoms with Gasteiger partial charge in [0.1, 0.15) is 5.82 Å². The zero-order valence-electron chi connectivity index (χ0n) is 14.2. The first-order valence-corrected chi connectivity index (χ1v) is 8.19. The number of halogens is 1. The third-order valence-corrected chi connectivity index (χ3v) is 4.18. The Morgan fingerprint density at radius 1 is 1.19 bits per heavy atom. The molecular weight excluding hydrogens is 337 g/mol. The van der Waals surface area contributed by atoms with Crippen molar-refractivity contribution in [3.63, 3.8) is 0 Å². The molecule has 1 amide bonds. The first-order chi connectivity index (χ1) is 12.5. The van der Waals surface area contributed by atoms with E-state index >= 15 is 0 Å². The Bertz CT molecular complexity index is 1090. The van der Waals surface area contributed by atoms with E-state index in [1.54, 1.807) is 43.3 Å². The monoisotopic (exact) mass is 355 g/mol. The maximum Gasteiger partial charge on any atom is 0.328 e. The zero-order valence-corrected chi connectivity index (χ0v) is 14.2. The van der Waals surface area contributed by atoms with Gasteiger partial charge in [0, 0.05) is 19.5 Å². The maximum absolute atomic E-state index is 13.3. The number of amides is 1. The van der Waals surface area contributed by atoms with E-state index in [9.17, 15) is 18.8 Å². The Kier molecular flexibility index (Phi) is 4.97. The molecule has 2 aromatic carbocycles. The number of hydrogen-bond donors (Lipinski definition) is 2. The molecule has 0 bridgehead atoms. The molecule has 3 rings (SSSR count). The fourth-order valence-electron chi connectivity index (χ4n) is 2.78. The summed E-state index contributed by atoms with van der Waals surface area (Å²) in [5, 5.41) is 3.14. The molecule has 0 aliphatic heterocycles. The predicted molar refractivity (Wildman–Crippen MR) is 96.4 cm³/mol. The molecule has 6 nitrogen and oxygen atoms in total. The van der Waals surface area contributed by atoms with E-state index in [-0.39, 0.29) is 31.2 Å². The molecule has 0 saturated carbocycles. The summed E-state index contributed by atoms with van der Waals surface area (Å²) in [6.45, 7) is 2.08. The minimum Gasteiger partial charge on any atom is -0.352 e. The van der Waals surface area contributed by atoms with E-state index < -0.39 is 11.2 Å². The molecule has 0 spiro atoms. The molecule has 134 valence electrons. The highest BCUT2D eigenvalue weighted by molar-refractivity contribution is 5.78. The first kappa shape index (κ1) is 17.6. The molecule has 1 aromatic heterocycles. The van der Waals surface area contributed by atoms with Gasteiger partial charge in [0.2, 0.25) is 5.91 Å². The topological polar surface area (TPSA) is 84.0 Å². The maximum atomic E-state index is 13.3. The van der Waals surface area contributed by atoms with E-state index in [1.807, 2.05) is 0 Å². The largest absolute Gasteiger partial charge is 0.352 e. The van der Waals surface area contributed by atoms with Crippen LogP contribution in [0.4, 0.5) is 4.39 Å². The van der Waals surface area contributed by atoms with Crippen LogP contribution < -0.4 is 16.6 Å². The average Bonchev–Trinajstić information content (AvgIpc) is 2.62. The number of aromatic nitrogens is 2. The first-order valence-electron chi connectivity index (χ1n) is 8.19. The quantitative estimate of drug-likeness (QED) is 0.732. The van der Waals surface area contributed by atoms with Crippen LogP contribution in [0, 0.1) is 12.7 Å². The van der Waals surface area contributed by atoms with Crippen LogP contribution in [0.3, 0.4) is 0 Å². The van der Waals surface area contributed by atoms with Crippen molar-refractivity contribution >= 4 is 16.8 Å². The molecule has 0 unspecified atom stereocenters. The molecule has 0 atom stereocenters. The molecular formula is C19H18FN3O3. The van der Waals surface area contributed by atoms with Gasteiger partial charge in [-0.25, -0.2) is 9.18 Å². The van der Waals surface area contributed by atoms with Gasteiger partial charge in [-0.3, -0.25) is 19.1 Å². The van der Waals surface area contributed by atoms with Crippen molar-refractivity contribution in [1.82, 2.24) is 14.9 Å². The Morgan fingerprint density at radius 3 is 2.73 bits per heavy atom. The van der Waals surface area contributed by atoms with Crippen molar-refractivity contribution in [3.05, 3.63) is 80.2 Å². The van der Waals surface area contributed by atoms with Gasteiger partial charge in [-0.15, -0.1) is 0 Å². The number of nitrogens with one attached hydrogen (secondary N) is 2. The summed E-state index contributed by atoms with van der Waals surface area (Å²) in [6.07, 6.45) is 0.0795. The van der Waals surface area contributed by atoms with Crippen molar-refractivity contribution in [2.75, 3.05) is 0 Å². The number of H-pyrrole nitrogens is 1. The summed E-state index contributed by atoms with van der Waals surface area (Å²) in [7, 11) is 0. The molecule has 7 heteroatoms.